The Morgan fingerprint density at radius 3 is 2.42 bits per heavy atom. The lowest BCUT2D eigenvalue weighted by molar-refractivity contribution is -0.171. The van der Waals surface area contributed by atoms with Crippen LogP contribution in [0.5, 0.6) is 0 Å². The lowest BCUT2D eigenvalue weighted by atomic mass is 10.1. The van der Waals surface area contributed by atoms with E-state index >= 15 is 0 Å². The van der Waals surface area contributed by atoms with Crippen molar-refractivity contribution < 1.29 is 18.0 Å². The van der Waals surface area contributed by atoms with Crippen molar-refractivity contribution in [1.82, 2.24) is 0 Å². The maximum Gasteiger partial charge on any atom is 0.450 e. The highest BCUT2D eigenvalue weighted by Gasteiger charge is 2.38. The highest BCUT2D eigenvalue weighted by molar-refractivity contribution is 6.22. The molecule has 0 fully saturated rings. The van der Waals surface area contributed by atoms with Crippen LogP contribution in [-0.2, 0) is 4.79 Å². The van der Waals surface area contributed by atoms with Crippen LogP contribution in [0.25, 0.3) is 0 Å². The first kappa shape index (κ1) is 11.5. The fraction of sp³-hybridized carbons (Fsp3) is 0.571. The van der Waals surface area contributed by atoms with Crippen LogP contribution in [0, 0.1) is 0 Å². The van der Waals surface area contributed by atoms with Crippen LogP contribution in [0.3, 0.4) is 0 Å². The second-order valence-electron chi connectivity index (χ2n) is 2.25. The number of ketones is 1. The summed E-state index contributed by atoms with van der Waals surface area (Å²) in [6, 6.07) is 0. The first-order valence-corrected chi connectivity index (χ1v) is 3.66. The molecule has 0 aromatic carbocycles. The van der Waals surface area contributed by atoms with E-state index in [0.29, 0.717) is 0 Å². The van der Waals surface area contributed by atoms with Gasteiger partial charge in [0.25, 0.3) is 0 Å². The predicted octanol–water partition coefficient (Wildman–Crippen LogP) is 2.69. The van der Waals surface area contributed by atoms with Crippen LogP contribution in [0.1, 0.15) is 12.8 Å². The molecule has 0 aromatic rings. The first-order valence-electron chi connectivity index (χ1n) is 3.23. The molecule has 5 heteroatoms. The number of carbonyl (C=O) groups is 1. The SMILES string of the molecule is C=CCC(Cl)CC(=O)C(F)(F)F. The third-order valence-electron chi connectivity index (χ3n) is 1.15. The van der Waals surface area contributed by atoms with Crippen LogP contribution in [0.2, 0.25) is 0 Å². The fourth-order valence-corrected chi connectivity index (χ4v) is 0.847. The molecule has 0 heterocycles. The summed E-state index contributed by atoms with van der Waals surface area (Å²) in [5.74, 6) is -1.79. The minimum absolute atomic E-state index is 0.198. The van der Waals surface area contributed by atoms with E-state index in [4.69, 9.17) is 11.6 Å². The molecule has 0 aliphatic rings. The van der Waals surface area contributed by atoms with Gasteiger partial charge in [0.15, 0.2) is 0 Å². The second kappa shape index (κ2) is 4.50. The maximum absolute atomic E-state index is 11.6. The summed E-state index contributed by atoms with van der Waals surface area (Å²) in [5.41, 5.74) is 0. The van der Waals surface area contributed by atoms with E-state index in [1.165, 1.54) is 6.08 Å². The van der Waals surface area contributed by atoms with Crippen molar-refractivity contribution in [3.63, 3.8) is 0 Å². The van der Waals surface area contributed by atoms with Gasteiger partial charge in [-0.15, -0.1) is 18.2 Å². The normalized spacial score (nSPS) is 14.0. The Labute approximate surface area is 73.2 Å². The van der Waals surface area contributed by atoms with Crippen LogP contribution in [0.15, 0.2) is 12.7 Å². The summed E-state index contributed by atoms with van der Waals surface area (Å²) < 4.78 is 34.8. The lowest BCUT2D eigenvalue weighted by Gasteiger charge is -2.07. The zero-order valence-electron chi connectivity index (χ0n) is 6.20. The van der Waals surface area contributed by atoms with Gasteiger partial charge in [0.05, 0.1) is 0 Å². The van der Waals surface area contributed by atoms with Gasteiger partial charge < -0.3 is 0 Å². The Morgan fingerprint density at radius 2 is 2.08 bits per heavy atom. The van der Waals surface area contributed by atoms with E-state index in [2.05, 4.69) is 6.58 Å². The Kier molecular flexibility index (Phi) is 4.31. The minimum Gasteiger partial charge on any atom is -0.290 e. The monoisotopic (exact) mass is 200 g/mol. The van der Waals surface area contributed by atoms with Crippen LogP contribution < -0.4 is 0 Å². The molecule has 0 saturated heterocycles. The zero-order valence-corrected chi connectivity index (χ0v) is 6.95. The molecule has 1 nitrogen and oxygen atoms in total. The number of hydrogen-bond donors (Lipinski definition) is 0. The van der Waals surface area contributed by atoms with Crippen molar-refractivity contribution in [2.45, 2.75) is 24.4 Å². The van der Waals surface area contributed by atoms with E-state index < -0.39 is 23.8 Å². The van der Waals surface area contributed by atoms with Gasteiger partial charge in [-0.2, -0.15) is 13.2 Å². The van der Waals surface area contributed by atoms with E-state index in [1.807, 2.05) is 0 Å². The van der Waals surface area contributed by atoms with Crippen LogP contribution >= 0.6 is 11.6 Å². The van der Waals surface area contributed by atoms with Gasteiger partial charge in [-0.05, 0) is 6.42 Å². The topological polar surface area (TPSA) is 17.1 Å². The average molecular weight is 201 g/mol. The van der Waals surface area contributed by atoms with E-state index in [9.17, 15) is 18.0 Å². The van der Waals surface area contributed by atoms with Crippen molar-refractivity contribution in [2.75, 3.05) is 0 Å². The van der Waals surface area contributed by atoms with Crippen molar-refractivity contribution in [3.8, 4) is 0 Å². The molecule has 0 rings (SSSR count). The quantitative estimate of drug-likeness (QED) is 0.504. The molecule has 0 bridgehead atoms. The third-order valence-corrected chi connectivity index (χ3v) is 1.48. The number of carbonyl (C=O) groups excluding carboxylic acids is 1. The average Bonchev–Trinajstić information content (AvgIpc) is 1.85. The summed E-state index contributed by atoms with van der Waals surface area (Å²) in [7, 11) is 0. The fourth-order valence-electron chi connectivity index (χ4n) is 0.581. The zero-order chi connectivity index (χ0) is 9.78. The third kappa shape index (κ3) is 4.38. The maximum atomic E-state index is 11.6. The number of allylic oxidation sites excluding steroid dienone is 1. The molecule has 0 N–H and O–H groups in total. The molecule has 12 heavy (non-hydrogen) atoms. The number of Topliss-reactive ketones (excluding diaryl/α,β-unsaturated/α-hetero) is 1. The molecule has 1 atom stereocenters. The summed E-state index contributed by atoms with van der Waals surface area (Å²) in [5, 5.41) is -0.809. The largest absolute Gasteiger partial charge is 0.450 e. The molecular weight excluding hydrogens is 193 g/mol. The van der Waals surface area contributed by atoms with Gasteiger partial charge >= 0.3 is 6.18 Å². The first-order chi connectivity index (χ1) is 5.38. The Bertz CT molecular complexity index is 176. The second-order valence-corrected chi connectivity index (χ2v) is 2.86. The molecule has 0 saturated carbocycles. The number of alkyl halides is 4. The molecule has 0 aliphatic carbocycles. The van der Waals surface area contributed by atoms with Crippen LogP contribution in [0.4, 0.5) is 13.2 Å². The number of halogens is 4. The van der Waals surface area contributed by atoms with E-state index in [1.54, 1.807) is 0 Å². The molecule has 0 radical (unpaired) electrons. The molecular formula is C7H8ClF3O. The van der Waals surface area contributed by atoms with Crippen molar-refractivity contribution in [3.05, 3.63) is 12.7 Å². The Hall–Kier alpha value is -0.510. The summed E-state index contributed by atoms with van der Waals surface area (Å²) in [6.45, 7) is 3.29. The molecule has 70 valence electrons. The summed E-state index contributed by atoms with van der Waals surface area (Å²) >= 11 is 5.39. The van der Waals surface area contributed by atoms with Gasteiger partial charge in [0.1, 0.15) is 0 Å². The standard InChI is InChI=1S/C7H8ClF3O/c1-2-3-5(8)4-6(12)7(9,10)11/h2,5H,1,3-4H2. The molecule has 1 unspecified atom stereocenters. The van der Waals surface area contributed by atoms with Crippen molar-refractivity contribution in [1.29, 1.82) is 0 Å². The highest BCUT2D eigenvalue weighted by Crippen LogP contribution is 2.21. The van der Waals surface area contributed by atoms with Gasteiger partial charge in [0.2, 0.25) is 5.78 Å². The van der Waals surface area contributed by atoms with Gasteiger partial charge in [-0.1, -0.05) is 6.08 Å². The number of hydrogen-bond acceptors (Lipinski definition) is 1. The van der Waals surface area contributed by atoms with Crippen molar-refractivity contribution >= 4 is 17.4 Å². The van der Waals surface area contributed by atoms with E-state index in [-0.39, 0.29) is 6.42 Å². The minimum atomic E-state index is -4.77. The Morgan fingerprint density at radius 1 is 1.58 bits per heavy atom. The number of rotatable bonds is 4. The van der Waals surface area contributed by atoms with Gasteiger partial charge in [0, 0.05) is 11.8 Å². The summed E-state index contributed by atoms with van der Waals surface area (Å²) in [4.78, 5) is 10.3. The Balaban J connectivity index is 3.92. The lowest BCUT2D eigenvalue weighted by Crippen LogP contribution is -2.25. The molecule has 0 aromatic heterocycles. The molecule has 0 aliphatic heterocycles. The molecule has 0 amide bonds. The predicted molar refractivity (Wildman–Crippen MR) is 40.1 cm³/mol. The van der Waals surface area contributed by atoms with Crippen LogP contribution in [-0.4, -0.2) is 17.3 Å². The summed E-state index contributed by atoms with van der Waals surface area (Å²) in [6.07, 6.45) is -3.88. The molecule has 0 spiro atoms. The van der Waals surface area contributed by atoms with Gasteiger partial charge in [-0.3, -0.25) is 4.79 Å². The highest BCUT2D eigenvalue weighted by atomic mass is 35.5. The van der Waals surface area contributed by atoms with Crippen molar-refractivity contribution in [2.24, 2.45) is 0 Å². The smallest absolute Gasteiger partial charge is 0.290 e. The van der Waals surface area contributed by atoms with E-state index in [0.717, 1.165) is 0 Å². The van der Waals surface area contributed by atoms with Gasteiger partial charge in [-0.25, -0.2) is 0 Å².